The first-order valence-corrected chi connectivity index (χ1v) is 10.9. The number of benzene rings is 2. The molecule has 0 aliphatic carbocycles. The Kier molecular flexibility index (Phi) is 5.58. The molecule has 1 unspecified atom stereocenters. The SMILES string of the molecule is COc1ccc(-c2noc(CCC(=O)N3CCCC(c4nc5ccccc5[nH]4)C3)n2)cc1. The first kappa shape index (κ1) is 20.2. The molecule has 0 saturated carbocycles. The van der Waals surface area contributed by atoms with Gasteiger partial charge in [-0.05, 0) is 49.2 Å². The van der Waals surface area contributed by atoms with Crippen LogP contribution >= 0.6 is 0 Å². The number of hydrogen-bond acceptors (Lipinski definition) is 6. The summed E-state index contributed by atoms with van der Waals surface area (Å²) in [5, 5.41) is 4.04. The van der Waals surface area contributed by atoms with Gasteiger partial charge in [0.15, 0.2) is 0 Å². The van der Waals surface area contributed by atoms with Crippen LogP contribution in [0.1, 0.15) is 36.9 Å². The van der Waals surface area contributed by atoms with Gasteiger partial charge in [-0.15, -0.1) is 0 Å². The summed E-state index contributed by atoms with van der Waals surface area (Å²) in [4.78, 5) is 27.4. The van der Waals surface area contributed by atoms with E-state index in [1.807, 2.05) is 53.4 Å². The van der Waals surface area contributed by atoms with Crippen LogP contribution in [-0.2, 0) is 11.2 Å². The van der Waals surface area contributed by atoms with E-state index in [0.29, 0.717) is 31.1 Å². The fraction of sp³-hybridized carbons (Fsp3) is 0.333. The van der Waals surface area contributed by atoms with Crippen LogP contribution in [0.15, 0.2) is 53.1 Å². The number of carbonyl (C=O) groups excluding carboxylic acids is 1. The Hall–Kier alpha value is -3.68. The van der Waals surface area contributed by atoms with Crippen molar-refractivity contribution in [3.8, 4) is 17.1 Å². The van der Waals surface area contributed by atoms with Crippen LogP contribution in [0.3, 0.4) is 0 Å². The van der Waals surface area contributed by atoms with E-state index >= 15 is 0 Å². The Labute approximate surface area is 185 Å². The minimum Gasteiger partial charge on any atom is -0.497 e. The maximum absolute atomic E-state index is 12.9. The molecule has 1 amide bonds. The minimum atomic E-state index is 0.106. The van der Waals surface area contributed by atoms with Crippen molar-refractivity contribution in [3.63, 3.8) is 0 Å². The summed E-state index contributed by atoms with van der Waals surface area (Å²) in [5.41, 5.74) is 2.85. The third kappa shape index (κ3) is 4.21. The fourth-order valence-electron chi connectivity index (χ4n) is 4.18. The van der Waals surface area contributed by atoms with E-state index in [1.165, 1.54) is 0 Å². The molecule has 1 fully saturated rings. The summed E-state index contributed by atoms with van der Waals surface area (Å²) >= 11 is 0. The van der Waals surface area contributed by atoms with Crippen LogP contribution in [0.4, 0.5) is 0 Å². The van der Waals surface area contributed by atoms with E-state index in [2.05, 4.69) is 15.1 Å². The highest BCUT2D eigenvalue weighted by atomic mass is 16.5. The summed E-state index contributed by atoms with van der Waals surface area (Å²) < 4.78 is 10.5. The summed E-state index contributed by atoms with van der Waals surface area (Å²) in [6.45, 7) is 1.45. The fourth-order valence-corrected chi connectivity index (χ4v) is 4.18. The molecule has 2 aromatic carbocycles. The number of ether oxygens (including phenoxy) is 1. The maximum Gasteiger partial charge on any atom is 0.227 e. The van der Waals surface area contributed by atoms with Crippen LogP contribution in [0.5, 0.6) is 5.75 Å². The molecule has 0 spiro atoms. The second-order valence-corrected chi connectivity index (χ2v) is 8.06. The molecule has 0 bridgehead atoms. The quantitative estimate of drug-likeness (QED) is 0.496. The average molecular weight is 431 g/mol. The molecule has 4 aromatic rings. The minimum absolute atomic E-state index is 0.106. The van der Waals surface area contributed by atoms with Gasteiger partial charge in [-0.25, -0.2) is 4.98 Å². The van der Waals surface area contributed by atoms with E-state index in [1.54, 1.807) is 7.11 Å². The number of carbonyl (C=O) groups is 1. The number of nitrogens with zero attached hydrogens (tertiary/aromatic N) is 4. The molecule has 32 heavy (non-hydrogen) atoms. The third-order valence-electron chi connectivity index (χ3n) is 5.94. The standard InChI is InChI=1S/C24H25N5O3/c1-31-18-10-8-16(9-11-18)24-27-21(32-28-24)12-13-22(30)29-14-4-5-17(15-29)23-25-19-6-2-3-7-20(19)26-23/h2-3,6-11,17H,4-5,12-15H2,1H3,(H,25,26). The van der Waals surface area contributed by atoms with E-state index in [4.69, 9.17) is 14.2 Å². The van der Waals surface area contributed by atoms with Crippen molar-refractivity contribution in [3.05, 3.63) is 60.2 Å². The van der Waals surface area contributed by atoms with Gasteiger partial charge in [-0.1, -0.05) is 17.3 Å². The summed E-state index contributed by atoms with van der Waals surface area (Å²) in [5.74, 6) is 3.04. The first-order chi connectivity index (χ1) is 15.7. The van der Waals surface area contributed by atoms with Crippen molar-refractivity contribution in [1.29, 1.82) is 0 Å². The molecule has 3 heterocycles. The highest BCUT2D eigenvalue weighted by Gasteiger charge is 2.27. The van der Waals surface area contributed by atoms with Crippen molar-refractivity contribution in [2.75, 3.05) is 20.2 Å². The van der Waals surface area contributed by atoms with E-state index in [-0.39, 0.29) is 11.8 Å². The molecule has 5 rings (SSSR count). The monoisotopic (exact) mass is 431 g/mol. The normalized spacial score (nSPS) is 16.4. The third-order valence-corrected chi connectivity index (χ3v) is 5.94. The van der Waals surface area contributed by atoms with Gasteiger partial charge in [0.1, 0.15) is 11.6 Å². The lowest BCUT2D eigenvalue weighted by Gasteiger charge is -2.31. The number of piperidine rings is 1. The summed E-state index contributed by atoms with van der Waals surface area (Å²) in [7, 11) is 1.62. The molecule has 1 aliphatic heterocycles. The van der Waals surface area contributed by atoms with Crippen molar-refractivity contribution < 1.29 is 14.1 Å². The van der Waals surface area contributed by atoms with Crippen molar-refractivity contribution >= 4 is 16.9 Å². The Balaban J connectivity index is 1.19. The zero-order chi connectivity index (χ0) is 21.9. The number of amides is 1. The maximum atomic E-state index is 12.9. The summed E-state index contributed by atoms with van der Waals surface area (Å²) in [6.07, 6.45) is 2.76. The van der Waals surface area contributed by atoms with Crippen LogP contribution < -0.4 is 4.74 Å². The molecule has 2 aromatic heterocycles. The van der Waals surface area contributed by atoms with Crippen LogP contribution in [0.2, 0.25) is 0 Å². The molecule has 1 saturated heterocycles. The number of imidazole rings is 1. The van der Waals surface area contributed by atoms with Gasteiger partial charge in [0.05, 0.1) is 18.1 Å². The van der Waals surface area contributed by atoms with Gasteiger partial charge < -0.3 is 19.1 Å². The predicted molar refractivity (Wildman–Crippen MR) is 119 cm³/mol. The molecule has 1 N–H and O–H groups in total. The number of likely N-dealkylation sites (tertiary alicyclic amines) is 1. The Morgan fingerprint density at radius 3 is 2.84 bits per heavy atom. The van der Waals surface area contributed by atoms with Crippen molar-refractivity contribution in [2.24, 2.45) is 0 Å². The highest BCUT2D eigenvalue weighted by Crippen LogP contribution is 2.27. The molecule has 8 nitrogen and oxygen atoms in total. The molecule has 8 heteroatoms. The van der Waals surface area contributed by atoms with Gasteiger partial charge in [-0.3, -0.25) is 4.79 Å². The highest BCUT2D eigenvalue weighted by molar-refractivity contribution is 5.77. The number of aryl methyl sites for hydroxylation is 1. The summed E-state index contributed by atoms with van der Waals surface area (Å²) in [6, 6.07) is 15.5. The van der Waals surface area contributed by atoms with Gasteiger partial charge in [0, 0.05) is 37.4 Å². The number of rotatable bonds is 6. The Bertz CT molecular complexity index is 1180. The molecule has 1 atom stereocenters. The number of aromatic nitrogens is 4. The number of nitrogens with one attached hydrogen (secondary N) is 1. The molecule has 0 radical (unpaired) electrons. The topological polar surface area (TPSA) is 97.1 Å². The number of H-pyrrole nitrogens is 1. The van der Waals surface area contributed by atoms with E-state index in [0.717, 1.165) is 47.6 Å². The lowest BCUT2D eigenvalue weighted by atomic mass is 9.97. The second kappa shape index (κ2) is 8.82. The Morgan fingerprint density at radius 1 is 1.19 bits per heavy atom. The number of aromatic amines is 1. The van der Waals surface area contributed by atoms with Gasteiger partial charge in [0.2, 0.25) is 17.6 Å². The Morgan fingerprint density at radius 2 is 2.03 bits per heavy atom. The lowest BCUT2D eigenvalue weighted by molar-refractivity contribution is -0.132. The van der Waals surface area contributed by atoms with E-state index < -0.39 is 0 Å². The lowest BCUT2D eigenvalue weighted by Crippen LogP contribution is -2.39. The largest absolute Gasteiger partial charge is 0.497 e. The van der Waals surface area contributed by atoms with Crippen LogP contribution in [0, 0.1) is 0 Å². The average Bonchev–Trinajstić information content (AvgIpc) is 3.50. The number of para-hydroxylation sites is 2. The molecular formula is C24H25N5O3. The number of hydrogen-bond donors (Lipinski definition) is 1. The second-order valence-electron chi connectivity index (χ2n) is 8.06. The van der Waals surface area contributed by atoms with E-state index in [9.17, 15) is 4.79 Å². The molecule has 164 valence electrons. The zero-order valence-electron chi connectivity index (χ0n) is 18.0. The number of fused-ring (bicyclic) bond motifs is 1. The van der Waals surface area contributed by atoms with Crippen molar-refractivity contribution in [1.82, 2.24) is 25.0 Å². The van der Waals surface area contributed by atoms with Gasteiger partial charge in [-0.2, -0.15) is 4.98 Å². The van der Waals surface area contributed by atoms with Gasteiger partial charge >= 0.3 is 0 Å². The smallest absolute Gasteiger partial charge is 0.227 e. The predicted octanol–water partition coefficient (Wildman–Crippen LogP) is 3.96. The van der Waals surface area contributed by atoms with Crippen LogP contribution in [-0.4, -0.2) is 51.1 Å². The van der Waals surface area contributed by atoms with Gasteiger partial charge in [0.25, 0.3) is 0 Å². The van der Waals surface area contributed by atoms with Crippen LogP contribution in [0.25, 0.3) is 22.4 Å². The first-order valence-electron chi connectivity index (χ1n) is 10.9. The molecular weight excluding hydrogens is 406 g/mol. The van der Waals surface area contributed by atoms with Crippen molar-refractivity contribution in [2.45, 2.75) is 31.6 Å². The zero-order valence-corrected chi connectivity index (χ0v) is 18.0. The molecule has 1 aliphatic rings. The number of methoxy groups -OCH3 is 1.